The Morgan fingerprint density at radius 2 is 1.54 bits per heavy atom. The summed E-state index contributed by atoms with van der Waals surface area (Å²) in [5, 5.41) is 6.81. The topological polar surface area (TPSA) is 42.9 Å². The van der Waals surface area contributed by atoms with E-state index in [9.17, 15) is 0 Å². The molecule has 1 aliphatic heterocycles. The summed E-state index contributed by atoms with van der Waals surface area (Å²) in [6.07, 6.45) is 7.13. The van der Waals surface area contributed by atoms with Crippen molar-refractivity contribution < 1.29 is 0 Å². The molecule has 1 saturated heterocycles. The van der Waals surface area contributed by atoms with E-state index in [1.807, 2.05) is 18.8 Å². The van der Waals surface area contributed by atoms with Gasteiger partial charge >= 0.3 is 0 Å². The fourth-order valence-electron chi connectivity index (χ4n) is 2.80. The third-order valence-electron chi connectivity index (χ3n) is 4.40. The van der Waals surface area contributed by atoms with Crippen molar-refractivity contribution in [3.8, 4) is 0 Å². The van der Waals surface area contributed by atoms with Gasteiger partial charge in [-0.05, 0) is 50.8 Å². The highest BCUT2D eigenvalue weighted by molar-refractivity contribution is 14.0. The van der Waals surface area contributed by atoms with Crippen molar-refractivity contribution >= 4 is 41.7 Å². The van der Waals surface area contributed by atoms with Crippen LogP contribution in [0.1, 0.15) is 32.6 Å². The summed E-state index contributed by atoms with van der Waals surface area (Å²) < 4.78 is 0. The van der Waals surface area contributed by atoms with Crippen LogP contribution >= 0.6 is 35.7 Å². The smallest absolute Gasteiger partial charge is 0.190 e. The van der Waals surface area contributed by atoms with E-state index in [0.29, 0.717) is 0 Å². The Hall–Kier alpha value is 0.270. The predicted molar refractivity (Wildman–Crippen MR) is 120 cm³/mol. The number of hydrogen-bond donors (Lipinski definition) is 2. The van der Waals surface area contributed by atoms with Crippen LogP contribution in [-0.4, -0.2) is 87.2 Å². The Kier molecular flexibility index (Phi) is 16.9. The first-order valence-electron chi connectivity index (χ1n) is 9.18. The van der Waals surface area contributed by atoms with Crippen LogP contribution in [0.25, 0.3) is 0 Å². The van der Waals surface area contributed by atoms with Crippen LogP contribution in [-0.2, 0) is 0 Å². The Morgan fingerprint density at radius 1 is 0.958 bits per heavy atom. The summed E-state index contributed by atoms with van der Waals surface area (Å²) in [6, 6.07) is 0. The number of nitrogens with one attached hydrogen (secondary N) is 2. The molecule has 24 heavy (non-hydrogen) atoms. The maximum absolute atomic E-state index is 4.28. The zero-order valence-corrected chi connectivity index (χ0v) is 19.0. The van der Waals surface area contributed by atoms with Gasteiger partial charge in [-0.1, -0.05) is 6.92 Å². The van der Waals surface area contributed by atoms with Crippen LogP contribution in [0, 0.1) is 0 Å². The molecule has 5 nitrogen and oxygen atoms in total. The fourth-order valence-corrected chi connectivity index (χ4v) is 3.29. The summed E-state index contributed by atoms with van der Waals surface area (Å²) in [5.74, 6) is 2.20. The van der Waals surface area contributed by atoms with E-state index in [1.54, 1.807) is 0 Å². The zero-order valence-electron chi connectivity index (χ0n) is 15.9. The number of hydrogen-bond acceptors (Lipinski definition) is 4. The quantitative estimate of drug-likeness (QED) is 0.210. The highest BCUT2D eigenvalue weighted by Gasteiger charge is 2.14. The number of aliphatic imine (C=N–C) groups is 1. The van der Waals surface area contributed by atoms with Gasteiger partial charge in [0.05, 0.1) is 0 Å². The molecule has 0 aromatic heterocycles. The first kappa shape index (κ1) is 24.3. The average Bonchev–Trinajstić information content (AvgIpc) is 2.60. The lowest BCUT2D eigenvalue weighted by atomic mass is 10.2. The maximum Gasteiger partial charge on any atom is 0.190 e. The van der Waals surface area contributed by atoms with Gasteiger partial charge in [0, 0.05) is 46.3 Å². The number of guanidine groups is 1. The SMILES string of the molecule is CCN1CCN(CCCCNC(=NC)NCCCCSC)CC1.I. The summed E-state index contributed by atoms with van der Waals surface area (Å²) in [6.45, 7) is 11.7. The third kappa shape index (κ3) is 11.8. The molecule has 0 bridgehead atoms. The Bertz CT molecular complexity index is 309. The number of likely N-dealkylation sites (N-methyl/N-ethyl adjacent to an activating group) is 1. The molecule has 1 rings (SSSR count). The molecular formula is C17H38IN5S. The van der Waals surface area contributed by atoms with E-state index in [1.165, 1.54) is 70.7 Å². The summed E-state index contributed by atoms with van der Waals surface area (Å²) in [5.41, 5.74) is 0. The summed E-state index contributed by atoms with van der Waals surface area (Å²) >= 11 is 1.92. The van der Waals surface area contributed by atoms with Crippen LogP contribution in [0.2, 0.25) is 0 Å². The summed E-state index contributed by atoms with van der Waals surface area (Å²) in [7, 11) is 1.85. The second-order valence-corrected chi connectivity index (χ2v) is 7.09. The molecule has 2 N–H and O–H groups in total. The Balaban J connectivity index is 0.00000529. The van der Waals surface area contributed by atoms with Gasteiger partial charge in [-0.2, -0.15) is 11.8 Å². The van der Waals surface area contributed by atoms with Crippen LogP contribution in [0.15, 0.2) is 4.99 Å². The van der Waals surface area contributed by atoms with E-state index >= 15 is 0 Å². The molecule has 0 amide bonds. The molecule has 1 heterocycles. The molecule has 0 saturated carbocycles. The zero-order chi connectivity index (χ0) is 16.8. The van der Waals surface area contributed by atoms with Crippen molar-refractivity contribution in [2.24, 2.45) is 4.99 Å². The lowest BCUT2D eigenvalue weighted by Gasteiger charge is -2.34. The molecule has 1 fully saturated rings. The second kappa shape index (κ2) is 16.7. The maximum atomic E-state index is 4.28. The monoisotopic (exact) mass is 471 g/mol. The van der Waals surface area contributed by atoms with Crippen molar-refractivity contribution in [2.45, 2.75) is 32.6 Å². The molecule has 1 aliphatic rings. The van der Waals surface area contributed by atoms with Gasteiger partial charge < -0.3 is 20.4 Å². The fraction of sp³-hybridized carbons (Fsp3) is 0.941. The van der Waals surface area contributed by atoms with Gasteiger partial charge in [0.15, 0.2) is 5.96 Å². The predicted octanol–water partition coefficient (Wildman–Crippen LogP) is 2.33. The summed E-state index contributed by atoms with van der Waals surface area (Å²) in [4.78, 5) is 9.42. The molecule has 0 aliphatic carbocycles. The standard InChI is InChI=1S/C17H37N5S.HI/c1-4-21-12-14-22(15-13-21)11-7-5-9-19-17(18-2)20-10-6-8-16-23-3;/h4-16H2,1-3H3,(H2,18,19,20);1H. The largest absolute Gasteiger partial charge is 0.356 e. The van der Waals surface area contributed by atoms with E-state index in [-0.39, 0.29) is 24.0 Å². The lowest BCUT2D eigenvalue weighted by Crippen LogP contribution is -2.46. The minimum absolute atomic E-state index is 0. The number of thioether (sulfide) groups is 1. The van der Waals surface area contributed by atoms with Crippen LogP contribution in [0.3, 0.4) is 0 Å². The normalized spacial score (nSPS) is 16.7. The molecule has 0 unspecified atom stereocenters. The van der Waals surface area contributed by atoms with Crippen molar-refractivity contribution in [3.63, 3.8) is 0 Å². The van der Waals surface area contributed by atoms with Crippen molar-refractivity contribution in [1.29, 1.82) is 0 Å². The first-order valence-corrected chi connectivity index (χ1v) is 10.6. The van der Waals surface area contributed by atoms with Crippen LogP contribution < -0.4 is 10.6 Å². The minimum atomic E-state index is 0. The minimum Gasteiger partial charge on any atom is -0.356 e. The molecule has 0 atom stereocenters. The molecule has 0 aromatic carbocycles. The van der Waals surface area contributed by atoms with Crippen LogP contribution in [0.4, 0.5) is 0 Å². The molecular weight excluding hydrogens is 433 g/mol. The first-order chi connectivity index (χ1) is 11.3. The number of halogens is 1. The molecule has 144 valence electrons. The molecule has 0 aromatic rings. The van der Waals surface area contributed by atoms with E-state index in [4.69, 9.17) is 0 Å². The van der Waals surface area contributed by atoms with Gasteiger partial charge in [0.1, 0.15) is 0 Å². The van der Waals surface area contributed by atoms with Gasteiger partial charge in [-0.25, -0.2) is 0 Å². The van der Waals surface area contributed by atoms with Crippen molar-refractivity contribution in [1.82, 2.24) is 20.4 Å². The average molecular weight is 471 g/mol. The number of unbranched alkanes of at least 4 members (excludes halogenated alkanes) is 2. The third-order valence-corrected chi connectivity index (χ3v) is 5.09. The van der Waals surface area contributed by atoms with Crippen molar-refractivity contribution in [2.75, 3.05) is 71.4 Å². The van der Waals surface area contributed by atoms with Gasteiger partial charge in [0.25, 0.3) is 0 Å². The van der Waals surface area contributed by atoms with E-state index in [2.05, 4.69) is 38.6 Å². The van der Waals surface area contributed by atoms with Crippen LogP contribution in [0.5, 0.6) is 0 Å². The van der Waals surface area contributed by atoms with E-state index < -0.39 is 0 Å². The van der Waals surface area contributed by atoms with Gasteiger partial charge in [0.2, 0.25) is 0 Å². The molecule has 0 spiro atoms. The molecule has 0 radical (unpaired) electrons. The number of piperazine rings is 1. The Labute approximate surface area is 170 Å². The highest BCUT2D eigenvalue weighted by atomic mass is 127. The van der Waals surface area contributed by atoms with Gasteiger partial charge in [-0.3, -0.25) is 4.99 Å². The van der Waals surface area contributed by atoms with E-state index in [0.717, 1.165) is 19.0 Å². The lowest BCUT2D eigenvalue weighted by molar-refractivity contribution is 0.136. The second-order valence-electron chi connectivity index (χ2n) is 6.11. The molecule has 7 heteroatoms. The van der Waals surface area contributed by atoms with Gasteiger partial charge in [-0.15, -0.1) is 24.0 Å². The number of nitrogens with zero attached hydrogens (tertiary/aromatic N) is 3. The number of rotatable bonds is 11. The van der Waals surface area contributed by atoms with Crippen molar-refractivity contribution in [3.05, 3.63) is 0 Å². The highest BCUT2D eigenvalue weighted by Crippen LogP contribution is 2.02. The Morgan fingerprint density at radius 3 is 2.08 bits per heavy atom.